The molecule has 0 aliphatic heterocycles. The second-order valence-corrected chi connectivity index (χ2v) is 9.19. The molecular weight excluding hydrogens is 514 g/mol. The van der Waals surface area contributed by atoms with Crippen LogP contribution in [0.4, 0.5) is 0 Å². The van der Waals surface area contributed by atoms with Crippen molar-refractivity contribution in [3.05, 3.63) is 36.0 Å². The fraction of sp³-hybridized carbons (Fsp3) is 0.458. The number of hydrogen-bond donors (Lipinski definition) is 9. The first-order valence-corrected chi connectivity index (χ1v) is 12.7. The highest BCUT2D eigenvalue weighted by Gasteiger charge is 2.30. The van der Waals surface area contributed by atoms with Crippen LogP contribution in [0.3, 0.4) is 0 Å². The lowest BCUT2D eigenvalue weighted by Gasteiger charge is -2.24. The highest BCUT2D eigenvalue weighted by Crippen LogP contribution is 2.19. The van der Waals surface area contributed by atoms with Gasteiger partial charge in [-0.05, 0) is 31.0 Å². The van der Waals surface area contributed by atoms with E-state index in [1.54, 1.807) is 6.20 Å². The monoisotopic (exact) mass is 549 g/mol. The summed E-state index contributed by atoms with van der Waals surface area (Å²) >= 11 is 4.09. The predicted octanol–water partition coefficient (Wildman–Crippen LogP) is -1.49. The van der Waals surface area contributed by atoms with Crippen molar-refractivity contribution in [2.75, 3.05) is 12.3 Å². The standard InChI is InChI=1S/C24H35N7O6S/c25-8-4-3-6-15(26)21(33)29-17(9-13-11-28-16-7-2-1-5-14(13)16)22(34)31-19(12-38)23(35)30-18(24(36)37)10-20(27)32/h1-2,5,7,11,15,17-19,28,38H,3-4,6,8-10,12,25-26H2,(H2,27,32)(H,29,33)(H,30,35)(H,31,34)(H,36,37). The Balaban J connectivity index is 2.21. The van der Waals surface area contributed by atoms with Crippen molar-refractivity contribution >= 4 is 53.1 Å². The number of carbonyl (C=O) groups excluding carboxylic acids is 4. The third-order valence-corrected chi connectivity index (χ3v) is 6.24. The number of carboxylic acid groups (broad SMARTS) is 1. The summed E-state index contributed by atoms with van der Waals surface area (Å²) in [4.78, 5) is 64.4. The van der Waals surface area contributed by atoms with Gasteiger partial charge in [-0.3, -0.25) is 19.2 Å². The second kappa shape index (κ2) is 15.0. The Hall–Kier alpha value is -3.62. The topological polar surface area (TPSA) is 236 Å². The van der Waals surface area contributed by atoms with Crippen molar-refractivity contribution in [2.24, 2.45) is 17.2 Å². The van der Waals surface area contributed by atoms with Crippen LogP contribution in [-0.2, 0) is 30.4 Å². The molecule has 0 saturated heterocycles. The molecule has 0 spiro atoms. The van der Waals surface area contributed by atoms with Crippen molar-refractivity contribution in [2.45, 2.75) is 56.3 Å². The highest BCUT2D eigenvalue weighted by molar-refractivity contribution is 7.80. The zero-order valence-corrected chi connectivity index (χ0v) is 21.7. The lowest BCUT2D eigenvalue weighted by molar-refractivity contribution is -0.143. The molecule has 4 unspecified atom stereocenters. The summed E-state index contributed by atoms with van der Waals surface area (Å²) in [6, 6.07) is 2.61. The quantitative estimate of drug-likeness (QED) is 0.0881. The van der Waals surface area contributed by atoms with E-state index in [9.17, 15) is 29.1 Å². The number of fused-ring (bicyclic) bond motifs is 1. The summed E-state index contributed by atoms with van der Waals surface area (Å²) in [7, 11) is 0. The number of para-hydroxylation sites is 1. The van der Waals surface area contributed by atoms with Gasteiger partial charge >= 0.3 is 5.97 Å². The minimum Gasteiger partial charge on any atom is -0.480 e. The Morgan fingerprint density at radius 3 is 2.21 bits per heavy atom. The summed E-state index contributed by atoms with van der Waals surface area (Å²) in [5.41, 5.74) is 18.1. The van der Waals surface area contributed by atoms with Gasteiger partial charge in [0.25, 0.3) is 0 Å². The normalized spacial score (nSPS) is 14.2. The number of primary amides is 1. The number of nitrogens with two attached hydrogens (primary N) is 3. The molecule has 1 aromatic heterocycles. The minimum absolute atomic E-state index is 0.0808. The Morgan fingerprint density at radius 2 is 1.58 bits per heavy atom. The Morgan fingerprint density at radius 1 is 0.947 bits per heavy atom. The number of nitrogens with one attached hydrogen (secondary N) is 4. The first-order valence-electron chi connectivity index (χ1n) is 12.1. The largest absolute Gasteiger partial charge is 0.480 e. The molecule has 11 N–H and O–H groups in total. The molecule has 13 nitrogen and oxygen atoms in total. The van der Waals surface area contributed by atoms with Crippen LogP contribution < -0.4 is 33.2 Å². The van der Waals surface area contributed by atoms with Crippen LogP contribution in [0, 0.1) is 0 Å². The summed E-state index contributed by atoms with van der Waals surface area (Å²) in [5, 5.41) is 17.5. The Bertz CT molecular complexity index is 1140. The van der Waals surface area contributed by atoms with Crippen LogP contribution in [0.2, 0.25) is 0 Å². The van der Waals surface area contributed by atoms with E-state index in [1.807, 2.05) is 24.3 Å². The third-order valence-electron chi connectivity index (χ3n) is 5.87. The smallest absolute Gasteiger partial charge is 0.326 e. The molecule has 4 amide bonds. The van der Waals surface area contributed by atoms with Gasteiger partial charge in [-0.2, -0.15) is 12.6 Å². The van der Waals surface area contributed by atoms with Gasteiger partial charge in [0, 0.05) is 29.3 Å². The highest BCUT2D eigenvalue weighted by atomic mass is 32.1. The maximum Gasteiger partial charge on any atom is 0.326 e. The molecule has 0 radical (unpaired) electrons. The molecule has 2 aromatic rings. The molecule has 0 bridgehead atoms. The number of amides is 4. The number of aliphatic carboxylic acids is 1. The molecule has 1 aromatic carbocycles. The van der Waals surface area contributed by atoms with E-state index in [0.29, 0.717) is 25.8 Å². The van der Waals surface area contributed by atoms with Gasteiger partial charge in [0.2, 0.25) is 23.6 Å². The number of carboxylic acids is 1. The molecule has 208 valence electrons. The molecule has 38 heavy (non-hydrogen) atoms. The van der Waals surface area contributed by atoms with E-state index in [1.165, 1.54) is 0 Å². The van der Waals surface area contributed by atoms with Crippen molar-refractivity contribution in [3.8, 4) is 0 Å². The van der Waals surface area contributed by atoms with Gasteiger partial charge in [-0.15, -0.1) is 0 Å². The lowest BCUT2D eigenvalue weighted by atomic mass is 10.0. The summed E-state index contributed by atoms with van der Waals surface area (Å²) in [5.74, 6) is -4.69. The van der Waals surface area contributed by atoms with E-state index < -0.39 is 60.2 Å². The van der Waals surface area contributed by atoms with Gasteiger partial charge in [-0.25, -0.2) is 4.79 Å². The van der Waals surface area contributed by atoms with Gasteiger partial charge in [0.15, 0.2) is 0 Å². The zero-order chi connectivity index (χ0) is 28.2. The van der Waals surface area contributed by atoms with Gasteiger partial charge in [0.1, 0.15) is 18.1 Å². The van der Waals surface area contributed by atoms with Crippen molar-refractivity contribution < 1.29 is 29.1 Å². The number of benzene rings is 1. The molecule has 0 aliphatic carbocycles. The number of unbranched alkanes of at least 4 members (excludes halogenated alkanes) is 1. The third kappa shape index (κ3) is 9.04. The maximum absolute atomic E-state index is 13.3. The van der Waals surface area contributed by atoms with E-state index >= 15 is 0 Å². The molecule has 1 heterocycles. The number of aromatic amines is 1. The van der Waals surface area contributed by atoms with Crippen molar-refractivity contribution in [1.29, 1.82) is 0 Å². The fourth-order valence-corrected chi connectivity index (χ4v) is 4.05. The van der Waals surface area contributed by atoms with E-state index in [4.69, 9.17) is 17.2 Å². The Labute approximate surface area is 225 Å². The van der Waals surface area contributed by atoms with Gasteiger partial charge in [-0.1, -0.05) is 24.6 Å². The number of carbonyl (C=O) groups is 5. The number of aromatic nitrogens is 1. The van der Waals surface area contributed by atoms with Crippen LogP contribution in [-0.4, -0.2) is 76.2 Å². The van der Waals surface area contributed by atoms with E-state index in [2.05, 4.69) is 33.6 Å². The van der Waals surface area contributed by atoms with Crippen LogP contribution >= 0.6 is 12.6 Å². The predicted molar refractivity (Wildman–Crippen MR) is 144 cm³/mol. The van der Waals surface area contributed by atoms with Gasteiger partial charge < -0.3 is 43.2 Å². The van der Waals surface area contributed by atoms with Crippen LogP contribution in [0.1, 0.15) is 31.2 Å². The summed E-state index contributed by atoms with van der Waals surface area (Å²) in [6.07, 6.45) is 2.90. The van der Waals surface area contributed by atoms with Crippen LogP contribution in [0.25, 0.3) is 10.9 Å². The number of rotatable bonds is 16. The lowest BCUT2D eigenvalue weighted by Crippen LogP contribution is -2.58. The average molecular weight is 550 g/mol. The fourth-order valence-electron chi connectivity index (χ4n) is 3.79. The molecular formula is C24H35N7O6S. The molecule has 0 saturated carbocycles. The number of H-pyrrole nitrogens is 1. The first kappa shape index (κ1) is 30.6. The second-order valence-electron chi connectivity index (χ2n) is 8.83. The van der Waals surface area contributed by atoms with Crippen molar-refractivity contribution in [1.82, 2.24) is 20.9 Å². The molecule has 0 fully saturated rings. The first-order chi connectivity index (χ1) is 18.1. The van der Waals surface area contributed by atoms with Crippen molar-refractivity contribution in [3.63, 3.8) is 0 Å². The SMILES string of the molecule is NCCCCC(N)C(=O)NC(Cc1c[nH]c2ccccc12)C(=O)NC(CS)C(=O)NC(CC(N)=O)C(=O)O. The number of hydrogen-bond acceptors (Lipinski definition) is 8. The van der Waals surface area contributed by atoms with Crippen LogP contribution in [0.15, 0.2) is 30.5 Å². The molecule has 14 heteroatoms. The molecule has 2 rings (SSSR count). The maximum atomic E-state index is 13.3. The van der Waals surface area contributed by atoms with Gasteiger partial charge in [0.05, 0.1) is 12.5 Å². The molecule has 4 atom stereocenters. The average Bonchev–Trinajstić information content (AvgIpc) is 3.28. The van der Waals surface area contributed by atoms with Crippen LogP contribution in [0.5, 0.6) is 0 Å². The number of thiol groups is 1. The zero-order valence-electron chi connectivity index (χ0n) is 20.8. The molecule has 0 aliphatic rings. The van der Waals surface area contributed by atoms with E-state index in [0.717, 1.165) is 16.5 Å². The minimum atomic E-state index is -1.58. The van der Waals surface area contributed by atoms with E-state index in [-0.39, 0.29) is 12.2 Å². The summed E-state index contributed by atoms with van der Waals surface area (Å²) in [6.45, 7) is 0.468. The summed E-state index contributed by atoms with van der Waals surface area (Å²) < 4.78 is 0. The Kier molecular flexibility index (Phi) is 12.0.